The number of thiophene rings is 1. The standard InChI is InChI=1S/C19H23N3OS/c1-3-8-15-13-16-17(20-12-11-14-9-6-5-7-10-14)21-19(23-4-2)22-18(16)24-15/h5-7,9-10,13H,3-4,8,11-12H2,1-2H3,(H,20,21,22). The molecule has 5 heteroatoms. The maximum absolute atomic E-state index is 5.53. The molecule has 0 radical (unpaired) electrons. The first kappa shape index (κ1) is 16.7. The van der Waals surface area contributed by atoms with Crippen molar-refractivity contribution in [3.8, 4) is 6.01 Å². The molecule has 0 saturated heterocycles. The molecule has 0 amide bonds. The fourth-order valence-corrected chi connectivity index (χ4v) is 3.74. The van der Waals surface area contributed by atoms with Crippen LogP contribution in [0.1, 0.15) is 30.7 Å². The van der Waals surface area contributed by atoms with E-state index in [2.05, 4.69) is 52.5 Å². The smallest absolute Gasteiger partial charge is 0.319 e. The van der Waals surface area contributed by atoms with Gasteiger partial charge in [-0.25, -0.2) is 0 Å². The number of nitrogens with zero attached hydrogens (tertiary/aromatic N) is 2. The Morgan fingerprint density at radius 2 is 1.92 bits per heavy atom. The first-order valence-corrected chi connectivity index (χ1v) is 9.32. The molecule has 0 aliphatic carbocycles. The minimum absolute atomic E-state index is 0.456. The molecule has 2 aromatic heterocycles. The fourth-order valence-electron chi connectivity index (χ4n) is 2.62. The van der Waals surface area contributed by atoms with Gasteiger partial charge in [-0.2, -0.15) is 9.97 Å². The molecule has 0 unspecified atom stereocenters. The molecule has 3 aromatic rings. The SMILES string of the molecule is CCCc1cc2c(NCCc3ccccc3)nc(OCC)nc2s1. The van der Waals surface area contributed by atoms with Gasteiger partial charge in [-0.05, 0) is 31.4 Å². The normalized spacial score (nSPS) is 10.9. The van der Waals surface area contributed by atoms with E-state index in [1.54, 1.807) is 11.3 Å². The molecule has 0 fully saturated rings. The number of hydrogen-bond acceptors (Lipinski definition) is 5. The predicted octanol–water partition coefficient (Wildman–Crippen LogP) is 4.70. The van der Waals surface area contributed by atoms with Crippen LogP contribution < -0.4 is 10.1 Å². The number of aryl methyl sites for hydroxylation is 1. The van der Waals surface area contributed by atoms with Crippen molar-refractivity contribution in [1.82, 2.24) is 9.97 Å². The Balaban J connectivity index is 1.81. The van der Waals surface area contributed by atoms with Gasteiger partial charge in [-0.1, -0.05) is 43.7 Å². The van der Waals surface area contributed by atoms with Crippen LogP contribution in [0.2, 0.25) is 0 Å². The molecular formula is C19H23N3OS. The number of aromatic nitrogens is 2. The summed E-state index contributed by atoms with van der Waals surface area (Å²) < 4.78 is 5.53. The summed E-state index contributed by atoms with van der Waals surface area (Å²) in [6.45, 7) is 5.55. The van der Waals surface area contributed by atoms with Gasteiger partial charge in [0.2, 0.25) is 0 Å². The zero-order chi connectivity index (χ0) is 16.8. The zero-order valence-corrected chi connectivity index (χ0v) is 15.0. The number of anilines is 1. The van der Waals surface area contributed by atoms with Crippen molar-refractivity contribution in [2.24, 2.45) is 0 Å². The molecule has 0 saturated carbocycles. The van der Waals surface area contributed by atoms with Crippen LogP contribution in [0, 0.1) is 0 Å². The molecule has 126 valence electrons. The number of benzene rings is 1. The van der Waals surface area contributed by atoms with Crippen LogP contribution in [-0.2, 0) is 12.8 Å². The minimum atomic E-state index is 0.456. The molecule has 1 aromatic carbocycles. The topological polar surface area (TPSA) is 47.0 Å². The average Bonchev–Trinajstić information content (AvgIpc) is 2.99. The number of hydrogen-bond donors (Lipinski definition) is 1. The lowest BCUT2D eigenvalue weighted by atomic mass is 10.1. The zero-order valence-electron chi connectivity index (χ0n) is 14.2. The van der Waals surface area contributed by atoms with Crippen LogP contribution in [-0.4, -0.2) is 23.1 Å². The monoisotopic (exact) mass is 341 g/mol. The van der Waals surface area contributed by atoms with Crippen LogP contribution in [0.25, 0.3) is 10.2 Å². The Morgan fingerprint density at radius 1 is 1.08 bits per heavy atom. The van der Waals surface area contributed by atoms with Gasteiger partial charge in [0.25, 0.3) is 0 Å². The third kappa shape index (κ3) is 4.03. The summed E-state index contributed by atoms with van der Waals surface area (Å²) in [5.74, 6) is 0.873. The molecule has 0 bridgehead atoms. The van der Waals surface area contributed by atoms with Gasteiger partial charge < -0.3 is 10.1 Å². The summed E-state index contributed by atoms with van der Waals surface area (Å²) in [6, 6.07) is 13.1. The largest absolute Gasteiger partial charge is 0.464 e. The second-order valence-corrected chi connectivity index (χ2v) is 6.75. The Bertz CT molecular complexity index is 786. The molecule has 0 spiro atoms. The highest BCUT2D eigenvalue weighted by molar-refractivity contribution is 7.18. The second kappa shape index (κ2) is 8.11. The van der Waals surface area contributed by atoms with Crippen LogP contribution in [0.15, 0.2) is 36.4 Å². The summed E-state index contributed by atoms with van der Waals surface area (Å²) >= 11 is 1.73. The van der Waals surface area contributed by atoms with Crippen LogP contribution >= 0.6 is 11.3 Å². The fraction of sp³-hybridized carbons (Fsp3) is 0.368. The second-order valence-electron chi connectivity index (χ2n) is 5.63. The summed E-state index contributed by atoms with van der Waals surface area (Å²) in [6.07, 6.45) is 3.17. The van der Waals surface area contributed by atoms with E-state index in [0.29, 0.717) is 12.6 Å². The molecule has 0 atom stereocenters. The summed E-state index contributed by atoms with van der Waals surface area (Å²) in [5, 5.41) is 4.56. The van der Waals surface area contributed by atoms with E-state index in [1.807, 2.05) is 13.0 Å². The molecule has 4 nitrogen and oxygen atoms in total. The number of nitrogens with one attached hydrogen (secondary N) is 1. The average molecular weight is 341 g/mol. The molecule has 24 heavy (non-hydrogen) atoms. The summed E-state index contributed by atoms with van der Waals surface area (Å²) in [4.78, 5) is 11.4. The lowest BCUT2D eigenvalue weighted by molar-refractivity contribution is 0.314. The lowest BCUT2D eigenvalue weighted by Gasteiger charge is -2.09. The van der Waals surface area contributed by atoms with E-state index in [0.717, 1.165) is 41.8 Å². The van der Waals surface area contributed by atoms with E-state index < -0.39 is 0 Å². The van der Waals surface area contributed by atoms with Crippen molar-refractivity contribution in [1.29, 1.82) is 0 Å². The van der Waals surface area contributed by atoms with E-state index in [4.69, 9.17) is 4.74 Å². The van der Waals surface area contributed by atoms with E-state index in [9.17, 15) is 0 Å². The first-order chi connectivity index (χ1) is 11.8. The van der Waals surface area contributed by atoms with Gasteiger partial charge in [0.1, 0.15) is 10.6 Å². The van der Waals surface area contributed by atoms with Gasteiger partial charge in [0.15, 0.2) is 0 Å². The third-order valence-electron chi connectivity index (χ3n) is 3.74. The van der Waals surface area contributed by atoms with Crippen molar-refractivity contribution in [2.45, 2.75) is 33.1 Å². The van der Waals surface area contributed by atoms with Crippen molar-refractivity contribution >= 4 is 27.4 Å². The van der Waals surface area contributed by atoms with Gasteiger partial charge in [-0.15, -0.1) is 11.3 Å². The Morgan fingerprint density at radius 3 is 2.67 bits per heavy atom. The molecule has 2 heterocycles. The molecule has 1 N–H and O–H groups in total. The Hall–Kier alpha value is -2.14. The Kier molecular flexibility index (Phi) is 5.64. The maximum Gasteiger partial charge on any atom is 0.319 e. The predicted molar refractivity (Wildman–Crippen MR) is 101 cm³/mol. The highest BCUT2D eigenvalue weighted by atomic mass is 32.1. The van der Waals surface area contributed by atoms with Crippen molar-refractivity contribution in [2.75, 3.05) is 18.5 Å². The van der Waals surface area contributed by atoms with Crippen molar-refractivity contribution < 1.29 is 4.74 Å². The van der Waals surface area contributed by atoms with Crippen molar-refractivity contribution in [3.05, 3.63) is 46.8 Å². The maximum atomic E-state index is 5.53. The van der Waals surface area contributed by atoms with Gasteiger partial charge in [0.05, 0.1) is 12.0 Å². The van der Waals surface area contributed by atoms with Gasteiger partial charge in [-0.3, -0.25) is 0 Å². The Labute approximate surface area is 146 Å². The summed E-state index contributed by atoms with van der Waals surface area (Å²) in [7, 11) is 0. The highest BCUT2D eigenvalue weighted by Gasteiger charge is 2.12. The lowest BCUT2D eigenvalue weighted by Crippen LogP contribution is -2.08. The number of ether oxygens (including phenoxy) is 1. The number of fused-ring (bicyclic) bond motifs is 1. The van der Waals surface area contributed by atoms with Gasteiger partial charge >= 0.3 is 6.01 Å². The first-order valence-electron chi connectivity index (χ1n) is 8.51. The van der Waals surface area contributed by atoms with E-state index in [-0.39, 0.29) is 0 Å². The highest BCUT2D eigenvalue weighted by Crippen LogP contribution is 2.31. The molecule has 0 aliphatic rings. The van der Waals surface area contributed by atoms with Crippen LogP contribution in [0.4, 0.5) is 5.82 Å². The van der Waals surface area contributed by atoms with E-state index >= 15 is 0 Å². The van der Waals surface area contributed by atoms with E-state index in [1.165, 1.54) is 10.4 Å². The van der Waals surface area contributed by atoms with Crippen molar-refractivity contribution in [3.63, 3.8) is 0 Å². The van der Waals surface area contributed by atoms with Crippen LogP contribution in [0.3, 0.4) is 0 Å². The minimum Gasteiger partial charge on any atom is -0.464 e. The number of rotatable bonds is 8. The quantitative estimate of drug-likeness (QED) is 0.645. The summed E-state index contributed by atoms with van der Waals surface area (Å²) in [5.41, 5.74) is 1.32. The third-order valence-corrected chi connectivity index (χ3v) is 4.83. The van der Waals surface area contributed by atoms with Crippen LogP contribution in [0.5, 0.6) is 6.01 Å². The van der Waals surface area contributed by atoms with Gasteiger partial charge in [0, 0.05) is 11.4 Å². The molecular weight excluding hydrogens is 318 g/mol. The molecule has 0 aliphatic heterocycles. The molecule has 3 rings (SSSR count).